The van der Waals surface area contributed by atoms with E-state index in [1.165, 1.54) is 48.9 Å². The lowest BCUT2D eigenvalue weighted by Gasteiger charge is -2.33. The van der Waals surface area contributed by atoms with Crippen LogP contribution in [0.1, 0.15) is 52.9 Å². The van der Waals surface area contributed by atoms with Crippen molar-refractivity contribution in [3.05, 3.63) is 60.9 Å². The number of hydrogen-bond acceptors (Lipinski definition) is 1. The summed E-state index contributed by atoms with van der Waals surface area (Å²) >= 11 is 0. The summed E-state index contributed by atoms with van der Waals surface area (Å²) < 4.78 is 0. The zero-order valence-electron chi connectivity index (χ0n) is 15.7. The molecule has 0 bridgehead atoms. The van der Waals surface area contributed by atoms with Gasteiger partial charge in [-0.25, -0.2) is 0 Å². The Morgan fingerprint density at radius 3 is 2.22 bits per heavy atom. The van der Waals surface area contributed by atoms with E-state index in [1.54, 1.807) is 0 Å². The van der Waals surface area contributed by atoms with Gasteiger partial charge in [-0.1, -0.05) is 83.6 Å². The molecule has 0 unspecified atom stereocenters. The molecular formula is C22H35N. The lowest BCUT2D eigenvalue weighted by Crippen LogP contribution is -2.27. The van der Waals surface area contributed by atoms with Gasteiger partial charge in [0.2, 0.25) is 0 Å². The molecule has 1 aliphatic carbocycles. The molecule has 1 fully saturated rings. The third-order valence-corrected chi connectivity index (χ3v) is 4.83. The van der Waals surface area contributed by atoms with E-state index in [1.807, 2.05) is 12.2 Å². The Bertz CT molecular complexity index is 479. The van der Waals surface area contributed by atoms with Gasteiger partial charge in [-0.3, -0.25) is 0 Å². The van der Waals surface area contributed by atoms with Gasteiger partial charge in [-0.2, -0.15) is 0 Å². The molecular weight excluding hydrogens is 278 g/mol. The quantitative estimate of drug-likeness (QED) is 0.395. The third kappa shape index (κ3) is 6.25. The van der Waals surface area contributed by atoms with E-state index in [4.69, 9.17) is 0 Å². The normalized spacial score (nSPS) is 17.3. The summed E-state index contributed by atoms with van der Waals surface area (Å²) in [6.07, 6.45) is 14.6. The number of rotatable bonds is 7. The zero-order chi connectivity index (χ0) is 17.5. The predicted octanol–water partition coefficient (Wildman–Crippen LogP) is 6.28. The number of nitrogens with zero attached hydrogens (tertiary/aromatic N) is 1. The van der Waals surface area contributed by atoms with E-state index >= 15 is 0 Å². The van der Waals surface area contributed by atoms with Crippen molar-refractivity contribution in [2.75, 3.05) is 13.6 Å². The second-order valence-electron chi connectivity index (χ2n) is 7.74. The van der Waals surface area contributed by atoms with Crippen LogP contribution < -0.4 is 0 Å². The minimum absolute atomic E-state index is 0.127. The van der Waals surface area contributed by atoms with E-state index in [9.17, 15) is 0 Å². The van der Waals surface area contributed by atoms with Gasteiger partial charge in [0.1, 0.15) is 0 Å². The smallest absolute Gasteiger partial charge is 0.0395 e. The number of allylic oxidation sites excluding steroid dienone is 5. The Labute approximate surface area is 144 Å². The molecule has 0 N–H and O–H groups in total. The highest BCUT2D eigenvalue weighted by atomic mass is 15.1. The Hall–Kier alpha value is -1.50. The van der Waals surface area contributed by atoms with Crippen LogP contribution in [-0.2, 0) is 0 Å². The lowest BCUT2D eigenvalue weighted by molar-refractivity contribution is 0.364. The van der Waals surface area contributed by atoms with E-state index < -0.39 is 0 Å². The molecule has 128 valence electrons. The average molecular weight is 314 g/mol. The van der Waals surface area contributed by atoms with Crippen molar-refractivity contribution in [3.8, 4) is 0 Å². The molecule has 1 aliphatic rings. The highest BCUT2D eigenvalue weighted by molar-refractivity contribution is 5.34. The highest BCUT2D eigenvalue weighted by Crippen LogP contribution is 2.34. The van der Waals surface area contributed by atoms with Crippen molar-refractivity contribution < 1.29 is 0 Å². The van der Waals surface area contributed by atoms with Crippen molar-refractivity contribution in [1.82, 2.24) is 4.90 Å². The first kappa shape index (κ1) is 19.5. The van der Waals surface area contributed by atoms with Crippen LogP contribution in [0.5, 0.6) is 0 Å². The first-order valence-electron chi connectivity index (χ1n) is 8.85. The second kappa shape index (κ2) is 8.96. The summed E-state index contributed by atoms with van der Waals surface area (Å²) in [4.78, 5) is 2.30. The monoisotopic (exact) mass is 313 g/mol. The Morgan fingerprint density at radius 2 is 1.70 bits per heavy atom. The van der Waals surface area contributed by atoms with Crippen LogP contribution in [0, 0.1) is 11.3 Å². The van der Waals surface area contributed by atoms with Gasteiger partial charge >= 0.3 is 0 Å². The maximum absolute atomic E-state index is 4.45. The molecule has 0 aromatic carbocycles. The summed E-state index contributed by atoms with van der Waals surface area (Å²) in [6, 6.07) is 0. The molecule has 0 saturated heterocycles. The largest absolute Gasteiger partial charge is 0.370 e. The highest BCUT2D eigenvalue weighted by Gasteiger charge is 2.22. The van der Waals surface area contributed by atoms with Crippen LogP contribution in [0.3, 0.4) is 0 Å². The van der Waals surface area contributed by atoms with Crippen LogP contribution in [0.2, 0.25) is 0 Å². The first-order valence-corrected chi connectivity index (χ1v) is 8.85. The van der Waals surface area contributed by atoms with E-state index in [2.05, 4.69) is 64.6 Å². The van der Waals surface area contributed by atoms with Gasteiger partial charge in [0.25, 0.3) is 0 Å². The minimum atomic E-state index is 0.127. The van der Waals surface area contributed by atoms with Crippen molar-refractivity contribution in [2.45, 2.75) is 52.9 Å². The molecule has 0 aromatic heterocycles. The van der Waals surface area contributed by atoms with Crippen LogP contribution in [0.4, 0.5) is 0 Å². The SMILES string of the molecule is C=C/C=C\C=C(\C(=C)C1CCCCC1)N(C)CC(=C)C(C)(C)C. The number of likely N-dealkylation sites (N-methyl/N-ethyl adjacent to an activating group) is 1. The molecule has 1 saturated carbocycles. The Balaban J connectivity index is 2.93. The Kier molecular flexibility index (Phi) is 7.61. The molecule has 1 heteroatoms. The van der Waals surface area contributed by atoms with E-state index in [0.717, 1.165) is 6.54 Å². The van der Waals surface area contributed by atoms with Crippen LogP contribution >= 0.6 is 0 Å². The topological polar surface area (TPSA) is 3.24 Å². The van der Waals surface area contributed by atoms with Gasteiger partial charge in [0.15, 0.2) is 0 Å². The van der Waals surface area contributed by atoms with Crippen molar-refractivity contribution in [3.63, 3.8) is 0 Å². The molecule has 0 aromatic rings. The van der Waals surface area contributed by atoms with E-state index in [0.29, 0.717) is 5.92 Å². The van der Waals surface area contributed by atoms with Gasteiger partial charge in [-0.05, 0) is 35.8 Å². The second-order valence-corrected chi connectivity index (χ2v) is 7.74. The summed E-state index contributed by atoms with van der Waals surface area (Å²) in [5.74, 6) is 0.623. The Morgan fingerprint density at radius 1 is 1.09 bits per heavy atom. The van der Waals surface area contributed by atoms with Crippen LogP contribution in [0.25, 0.3) is 0 Å². The number of hydrogen-bond donors (Lipinski definition) is 0. The van der Waals surface area contributed by atoms with Crippen LogP contribution in [-0.4, -0.2) is 18.5 Å². The zero-order valence-corrected chi connectivity index (χ0v) is 15.7. The predicted molar refractivity (Wildman–Crippen MR) is 104 cm³/mol. The molecule has 0 amide bonds. The first-order chi connectivity index (χ1) is 10.8. The molecule has 0 atom stereocenters. The van der Waals surface area contributed by atoms with Crippen molar-refractivity contribution >= 4 is 0 Å². The molecule has 0 spiro atoms. The molecule has 0 heterocycles. The van der Waals surface area contributed by atoms with E-state index in [-0.39, 0.29) is 5.41 Å². The standard InChI is InChI=1S/C22H35N/c1-8-9-11-16-21(19(3)20-14-12-10-13-15-20)23(7)17-18(2)22(4,5)6/h8-9,11,16,20H,1-3,10,12-15,17H2,4-7H3/b11-9-,21-16-. The van der Waals surface area contributed by atoms with Crippen molar-refractivity contribution in [2.24, 2.45) is 11.3 Å². The van der Waals surface area contributed by atoms with Gasteiger partial charge in [0, 0.05) is 19.3 Å². The summed E-state index contributed by atoms with van der Waals surface area (Å²) in [5, 5.41) is 0. The fraction of sp³-hybridized carbons (Fsp3) is 0.545. The molecule has 1 nitrogen and oxygen atoms in total. The summed E-state index contributed by atoms with van der Waals surface area (Å²) in [7, 11) is 2.15. The third-order valence-electron chi connectivity index (χ3n) is 4.83. The fourth-order valence-electron chi connectivity index (χ4n) is 2.97. The van der Waals surface area contributed by atoms with Gasteiger partial charge in [-0.15, -0.1) is 0 Å². The molecule has 0 aliphatic heterocycles. The maximum Gasteiger partial charge on any atom is 0.0395 e. The lowest BCUT2D eigenvalue weighted by atomic mass is 9.82. The van der Waals surface area contributed by atoms with Crippen LogP contribution in [0.15, 0.2) is 60.9 Å². The molecule has 23 heavy (non-hydrogen) atoms. The minimum Gasteiger partial charge on any atom is -0.370 e. The van der Waals surface area contributed by atoms with Gasteiger partial charge < -0.3 is 4.90 Å². The molecule has 1 rings (SSSR count). The maximum atomic E-state index is 4.45. The summed E-state index contributed by atoms with van der Waals surface area (Å²) in [5.41, 5.74) is 3.89. The fourth-order valence-corrected chi connectivity index (χ4v) is 2.97. The molecule has 0 radical (unpaired) electrons. The average Bonchev–Trinajstić information content (AvgIpc) is 2.50. The summed E-state index contributed by atoms with van der Waals surface area (Å²) in [6.45, 7) is 20.0. The van der Waals surface area contributed by atoms with Gasteiger partial charge in [0.05, 0.1) is 0 Å². The van der Waals surface area contributed by atoms with Crippen molar-refractivity contribution in [1.29, 1.82) is 0 Å².